The lowest BCUT2D eigenvalue weighted by Gasteiger charge is -2.34. The van der Waals surface area contributed by atoms with Crippen LogP contribution >= 0.6 is 0 Å². The third-order valence-corrected chi connectivity index (χ3v) is 2.60. The zero-order valence-electron chi connectivity index (χ0n) is 11.4. The third kappa shape index (κ3) is 4.77. The van der Waals surface area contributed by atoms with E-state index in [2.05, 4.69) is 11.9 Å². The number of hydrogen-bond donors (Lipinski definition) is 1. The van der Waals surface area contributed by atoms with Gasteiger partial charge in [-0.2, -0.15) is 0 Å². The molecule has 0 saturated carbocycles. The van der Waals surface area contributed by atoms with E-state index in [1.807, 2.05) is 20.8 Å². The monoisotopic (exact) mass is 254 g/mol. The number of ether oxygens (including phenoxy) is 1. The van der Waals surface area contributed by atoms with Gasteiger partial charge < -0.3 is 15.0 Å². The molecule has 102 valence electrons. The maximum atomic E-state index is 11.9. The smallest absolute Gasteiger partial charge is 0.410 e. The van der Waals surface area contributed by atoms with Crippen LogP contribution in [0.4, 0.5) is 4.79 Å². The van der Waals surface area contributed by atoms with E-state index in [1.54, 1.807) is 4.90 Å². The van der Waals surface area contributed by atoms with Crippen molar-refractivity contribution < 1.29 is 14.3 Å². The first-order valence-electron chi connectivity index (χ1n) is 6.22. The van der Waals surface area contributed by atoms with Gasteiger partial charge in [-0.15, -0.1) is 0 Å². The lowest BCUT2D eigenvalue weighted by atomic mass is 10.1. The average molecular weight is 254 g/mol. The normalized spacial score (nSPS) is 20.2. The van der Waals surface area contributed by atoms with E-state index < -0.39 is 5.60 Å². The Morgan fingerprint density at radius 2 is 2.11 bits per heavy atom. The Kier molecular flexibility index (Phi) is 4.76. The van der Waals surface area contributed by atoms with Gasteiger partial charge in [0.25, 0.3) is 0 Å². The van der Waals surface area contributed by atoms with Crippen molar-refractivity contribution in [3.63, 3.8) is 0 Å². The topological polar surface area (TPSA) is 58.6 Å². The highest BCUT2D eigenvalue weighted by atomic mass is 16.6. The van der Waals surface area contributed by atoms with Gasteiger partial charge in [0.15, 0.2) is 0 Å². The van der Waals surface area contributed by atoms with Crippen molar-refractivity contribution in [2.45, 2.75) is 45.3 Å². The van der Waals surface area contributed by atoms with Gasteiger partial charge >= 0.3 is 6.09 Å². The zero-order chi connectivity index (χ0) is 13.8. The highest BCUT2D eigenvalue weighted by Crippen LogP contribution is 2.15. The molecule has 0 bridgehead atoms. The summed E-state index contributed by atoms with van der Waals surface area (Å²) >= 11 is 0. The fourth-order valence-corrected chi connectivity index (χ4v) is 1.85. The first-order valence-corrected chi connectivity index (χ1v) is 6.22. The second-order valence-electron chi connectivity index (χ2n) is 5.48. The number of hydrogen-bond acceptors (Lipinski definition) is 3. The van der Waals surface area contributed by atoms with E-state index in [0.717, 1.165) is 12.8 Å². The minimum Gasteiger partial charge on any atom is -0.444 e. The number of rotatable bonds is 2. The molecule has 1 aliphatic rings. The molecule has 2 amide bonds. The minimum atomic E-state index is -0.492. The van der Waals surface area contributed by atoms with E-state index in [1.165, 1.54) is 6.08 Å². The van der Waals surface area contributed by atoms with Crippen LogP contribution in [-0.4, -0.2) is 41.6 Å². The van der Waals surface area contributed by atoms with Crippen molar-refractivity contribution in [2.75, 3.05) is 13.1 Å². The molecule has 1 rings (SSSR count). The van der Waals surface area contributed by atoms with Crippen molar-refractivity contribution >= 4 is 12.0 Å². The maximum absolute atomic E-state index is 11.9. The molecule has 1 fully saturated rings. The van der Waals surface area contributed by atoms with Gasteiger partial charge in [-0.3, -0.25) is 4.79 Å². The Morgan fingerprint density at radius 3 is 2.67 bits per heavy atom. The number of carbonyl (C=O) groups is 2. The van der Waals surface area contributed by atoms with Crippen LogP contribution in [-0.2, 0) is 9.53 Å². The molecule has 0 unspecified atom stereocenters. The predicted octanol–water partition coefficient (Wildman–Crippen LogP) is 1.69. The summed E-state index contributed by atoms with van der Waals surface area (Å²) in [5.74, 6) is -0.203. The Hall–Kier alpha value is -1.52. The molecular weight excluding hydrogens is 232 g/mol. The summed E-state index contributed by atoms with van der Waals surface area (Å²) in [6.07, 6.45) is 2.66. The first kappa shape index (κ1) is 14.5. The number of piperidine rings is 1. The molecule has 1 heterocycles. The maximum Gasteiger partial charge on any atom is 0.410 e. The van der Waals surface area contributed by atoms with E-state index in [4.69, 9.17) is 4.74 Å². The second kappa shape index (κ2) is 5.89. The van der Waals surface area contributed by atoms with Crippen LogP contribution in [0.1, 0.15) is 33.6 Å². The van der Waals surface area contributed by atoms with Crippen LogP contribution in [0.15, 0.2) is 12.7 Å². The van der Waals surface area contributed by atoms with Gasteiger partial charge in [-0.05, 0) is 39.7 Å². The fraction of sp³-hybridized carbons (Fsp3) is 0.692. The van der Waals surface area contributed by atoms with Gasteiger partial charge in [0.05, 0.1) is 0 Å². The summed E-state index contributed by atoms with van der Waals surface area (Å²) in [4.78, 5) is 24.7. The van der Waals surface area contributed by atoms with E-state index in [9.17, 15) is 9.59 Å². The fourth-order valence-electron chi connectivity index (χ4n) is 1.85. The van der Waals surface area contributed by atoms with Crippen LogP contribution in [0.25, 0.3) is 0 Å². The molecule has 0 aromatic carbocycles. The lowest BCUT2D eigenvalue weighted by molar-refractivity contribution is -0.117. The summed E-state index contributed by atoms with van der Waals surface area (Å²) < 4.78 is 5.31. The summed E-state index contributed by atoms with van der Waals surface area (Å²) in [6.45, 7) is 10.1. The molecule has 0 spiro atoms. The summed E-state index contributed by atoms with van der Waals surface area (Å²) in [5.41, 5.74) is -0.492. The number of nitrogens with one attached hydrogen (secondary N) is 1. The first-order chi connectivity index (χ1) is 8.31. The molecule has 0 aromatic rings. The molecular formula is C13H22N2O3. The van der Waals surface area contributed by atoms with Crippen LogP contribution < -0.4 is 5.32 Å². The Balaban J connectivity index is 2.50. The largest absolute Gasteiger partial charge is 0.444 e. The Morgan fingerprint density at radius 1 is 1.44 bits per heavy atom. The second-order valence-corrected chi connectivity index (χ2v) is 5.48. The number of likely N-dealkylation sites (tertiary alicyclic amines) is 1. The van der Waals surface area contributed by atoms with Gasteiger partial charge in [0, 0.05) is 19.1 Å². The van der Waals surface area contributed by atoms with Gasteiger partial charge in [-0.1, -0.05) is 6.58 Å². The molecule has 5 heteroatoms. The number of amides is 2. The van der Waals surface area contributed by atoms with Crippen molar-refractivity contribution in [3.8, 4) is 0 Å². The summed E-state index contributed by atoms with van der Waals surface area (Å²) in [6, 6.07) is -0.0169. The number of nitrogens with zero attached hydrogens (tertiary/aromatic N) is 1. The van der Waals surface area contributed by atoms with Crippen molar-refractivity contribution in [2.24, 2.45) is 0 Å². The zero-order valence-corrected chi connectivity index (χ0v) is 11.4. The van der Waals surface area contributed by atoms with Gasteiger partial charge in [-0.25, -0.2) is 4.79 Å². The SMILES string of the molecule is C=CC(=O)N[C@H]1CCCN(C(=O)OC(C)(C)C)C1. The Labute approximate surface area is 108 Å². The van der Waals surface area contributed by atoms with Crippen LogP contribution in [0.3, 0.4) is 0 Å². The molecule has 0 aliphatic carbocycles. The quantitative estimate of drug-likeness (QED) is 0.763. The molecule has 0 aromatic heterocycles. The standard InChI is InChI=1S/C13H22N2O3/c1-5-11(16)14-10-7-6-8-15(9-10)12(17)18-13(2,3)4/h5,10H,1,6-9H2,2-4H3,(H,14,16)/t10-/m0/s1. The van der Waals surface area contributed by atoms with E-state index >= 15 is 0 Å². The molecule has 1 saturated heterocycles. The van der Waals surface area contributed by atoms with E-state index in [-0.39, 0.29) is 18.0 Å². The predicted molar refractivity (Wildman–Crippen MR) is 69.2 cm³/mol. The van der Waals surface area contributed by atoms with Crippen molar-refractivity contribution in [3.05, 3.63) is 12.7 Å². The highest BCUT2D eigenvalue weighted by molar-refractivity contribution is 5.87. The number of carbonyl (C=O) groups excluding carboxylic acids is 2. The van der Waals surface area contributed by atoms with Crippen LogP contribution in [0, 0.1) is 0 Å². The highest BCUT2D eigenvalue weighted by Gasteiger charge is 2.27. The minimum absolute atomic E-state index is 0.0169. The average Bonchev–Trinajstić information content (AvgIpc) is 2.27. The van der Waals surface area contributed by atoms with Crippen molar-refractivity contribution in [1.29, 1.82) is 0 Å². The van der Waals surface area contributed by atoms with Crippen LogP contribution in [0.5, 0.6) is 0 Å². The molecule has 5 nitrogen and oxygen atoms in total. The lowest BCUT2D eigenvalue weighted by Crippen LogP contribution is -2.50. The molecule has 18 heavy (non-hydrogen) atoms. The van der Waals surface area contributed by atoms with Gasteiger partial charge in [0.1, 0.15) is 5.60 Å². The molecule has 0 radical (unpaired) electrons. The van der Waals surface area contributed by atoms with E-state index in [0.29, 0.717) is 13.1 Å². The Bertz CT molecular complexity index is 334. The summed E-state index contributed by atoms with van der Waals surface area (Å²) in [7, 11) is 0. The molecule has 1 N–H and O–H groups in total. The summed E-state index contributed by atoms with van der Waals surface area (Å²) in [5, 5.41) is 2.81. The van der Waals surface area contributed by atoms with Gasteiger partial charge in [0.2, 0.25) is 5.91 Å². The van der Waals surface area contributed by atoms with Crippen LogP contribution in [0.2, 0.25) is 0 Å². The molecule has 1 aliphatic heterocycles. The third-order valence-electron chi connectivity index (χ3n) is 2.60. The van der Waals surface area contributed by atoms with Crippen molar-refractivity contribution in [1.82, 2.24) is 10.2 Å². The molecule has 1 atom stereocenters.